The van der Waals surface area contributed by atoms with Crippen LogP contribution in [0.1, 0.15) is 32.8 Å². The second-order valence-corrected chi connectivity index (χ2v) is 10.9. The number of hydrogen-bond donors (Lipinski definition) is 1. The van der Waals surface area contributed by atoms with Crippen molar-refractivity contribution < 1.29 is 18.0 Å². The topological polar surface area (TPSA) is 86.8 Å². The van der Waals surface area contributed by atoms with Crippen LogP contribution in [0.5, 0.6) is 0 Å². The van der Waals surface area contributed by atoms with E-state index in [9.17, 15) is 18.0 Å². The summed E-state index contributed by atoms with van der Waals surface area (Å²) in [6, 6.07) is 21.0. The summed E-state index contributed by atoms with van der Waals surface area (Å²) in [4.78, 5) is 28.0. The number of carbonyl (C=O) groups excluding carboxylic acids is 2. The molecule has 8 heteroatoms. The summed E-state index contributed by atoms with van der Waals surface area (Å²) >= 11 is 0. The summed E-state index contributed by atoms with van der Waals surface area (Å²) in [5, 5.41) is 4.61. The van der Waals surface area contributed by atoms with E-state index in [0.29, 0.717) is 6.42 Å². The molecule has 186 valence electrons. The number of rotatable bonds is 10. The molecule has 3 rings (SSSR count). The normalized spacial score (nSPS) is 12.6. The van der Waals surface area contributed by atoms with E-state index in [1.54, 1.807) is 18.2 Å². The lowest BCUT2D eigenvalue weighted by molar-refractivity contribution is -0.141. The fraction of sp³-hybridized carbons (Fsp3) is 0.333. The number of nitrogens with one attached hydrogen (secondary N) is 1. The molecule has 0 saturated heterocycles. The Morgan fingerprint density at radius 3 is 2.17 bits per heavy atom. The van der Waals surface area contributed by atoms with Crippen molar-refractivity contribution in [3.63, 3.8) is 0 Å². The van der Waals surface area contributed by atoms with Crippen molar-refractivity contribution in [1.29, 1.82) is 0 Å². The Labute approximate surface area is 207 Å². The number of sulfonamides is 1. The largest absolute Gasteiger partial charge is 0.352 e. The first-order chi connectivity index (χ1) is 16.6. The lowest BCUT2D eigenvalue weighted by Gasteiger charge is -2.32. The third kappa shape index (κ3) is 6.46. The lowest BCUT2D eigenvalue weighted by Crippen LogP contribution is -2.52. The Balaban J connectivity index is 1.87. The SMILES string of the molecule is CC[C@H](C(=O)NC(C)C)N(Cc1ccccc1)C(=O)CN(C)S(=O)(=O)c1ccc2ccccc2c1. The average Bonchev–Trinajstić information content (AvgIpc) is 2.83. The smallest absolute Gasteiger partial charge is 0.243 e. The van der Waals surface area contributed by atoms with Gasteiger partial charge in [-0.3, -0.25) is 9.59 Å². The zero-order valence-corrected chi connectivity index (χ0v) is 21.5. The third-order valence-electron chi connectivity index (χ3n) is 5.80. The molecule has 35 heavy (non-hydrogen) atoms. The van der Waals surface area contributed by atoms with E-state index in [1.165, 1.54) is 11.9 Å². The number of benzene rings is 3. The molecule has 0 fully saturated rings. The highest BCUT2D eigenvalue weighted by atomic mass is 32.2. The van der Waals surface area contributed by atoms with E-state index in [-0.39, 0.29) is 29.9 Å². The van der Waals surface area contributed by atoms with Gasteiger partial charge in [0.05, 0.1) is 11.4 Å². The van der Waals surface area contributed by atoms with Crippen LogP contribution in [-0.2, 0) is 26.2 Å². The lowest BCUT2D eigenvalue weighted by atomic mass is 10.1. The van der Waals surface area contributed by atoms with Gasteiger partial charge in [-0.05, 0) is 48.7 Å². The molecule has 7 nitrogen and oxygen atoms in total. The predicted molar refractivity (Wildman–Crippen MR) is 138 cm³/mol. The first-order valence-corrected chi connectivity index (χ1v) is 13.2. The van der Waals surface area contributed by atoms with Gasteiger partial charge in [-0.25, -0.2) is 8.42 Å². The third-order valence-corrected chi connectivity index (χ3v) is 7.60. The molecule has 3 aromatic carbocycles. The summed E-state index contributed by atoms with van der Waals surface area (Å²) < 4.78 is 27.6. The summed E-state index contributed by atoms with van der Waals surface area (Å²) in [5.41, 5.74) is 0.858. The molecule has 3 aromatic rings. The van der Waals surface area contributed by atoms with E-state index < -0.39 is 22.0 Å². The first kappa shape index (κ1) is 26.4. The standard InChI is InChI=1S/C27H33N3O4S/c1-5-25(27(32)28-20(2)3)30(18-21-11-7-6-8-12-21)26(31)19-29(4)35(33,34)24-16-15-22-13-9-10-14-23(22)17-24/h6-17,20,25H,5,18-19H2,1-4H3,(H,28,32)/t25-/m1/s1. The maximum absolute atomic E-state index is 13.5. The van der Waals surface area contributed by atoms with E-state index >= 15 is 0 Å². The molecule has 0 bridgehead atoms. The van der Waals surface area contributed by atoms with Crippen molar-refractivity contribution in [2.24, 2.45) is 0 Å². The van der Waals surface area contributed by atoms with Gasteiger partial charge in [0, 0.05) is 19.6 Å². The van der Waals surface area contributed by atoms with Crippen LogP contribution in [0.4, 0.5) is 0 Å². The highest BCUT2D eigenvalue weighted by molar-refractivity contribution is 7.89. The quantitative estimate of drug-likeness (QED) is 0.464. The van der Waals surface area contributed by atoms with Crippen LogP contribution in [-0.4, -0.2) is 55.1 Å². The minimum absolute atomic E-state index is 0.0822. The Hall–Kier alpha value is -3.23. The highest BCUT2D eigenvalue weighted by Crippen LogP contribution is 2.22. The average molecular weight is 496 g/mol. The molecule has 0 radical (unpaired) electrons. The van der Waals surface area contributed by atoms with Gasteiger partial charge in [-0.1, -0.05) is 67.6 Å². The van der Waals surface area contributed by atoms with Crippen LogP contribution in [0.2, 0.25) is 0 Å². The monoisotopic (exact) mass is 495 g/mol. The maximum Gasteiger partial charge on any atom is 0.243 e. The van der Waals surface area contributed by atoms with Gasteiger partial charge in [0.25, 0.3) is 0 Å². The summed E-state index contributed by atoms with van der Waals surface area (Å²) in [6.45, 7) is 5.38. The molecule has 0 aromatic heterocycles. The van der Waals surface area contributed by atoms with Gasteiger partial charge in [-0.15, -0.1) is 0 Å². The van der Waals surface area contributed by atoms with Gasteiger partial charge in [-0.2, -0.15) is 4.31 Å². The molecular weight excluding hydrogens is 462 g/mol. The number of carbonyl (C=O) groups is 2. The first-order valence-electron chi connectivity index (χ1n) is 11.7. The fourth-order valence-corrected chi connectivity index (χ4v) is 5.11. The number of likely N-dealkylation sites (N-methyl/N-ethyl adjacent to an activating group) is 1. The second kappa shape index (κ2) is 11.5. The van der Waals surface area contributed by atoms with Crippen molar-refractivity contribution in [3.05, 3.63) is 78.4 Å². The van der Waals surface area contributed by atoms with Crippen LogP contribution >= 0.6 is 0 Å². The van der Waals surface area contributed by atoms with Gasteiger partial charge in [0.2, 0.25) is 21.8 Å². The number of fused-ring (bicyclic) bond motifs is 1. The zero-order valence-electron chi connectivity index (χ0n) is 20.6. The molecule has 2 amide bonds. The summed E-state index contributed by atoms with van der Waals surface area (Å²) in [7, 11) is -2.53. The molecule has 0 aliphatic rings. The number of nitrogens with zero attached hydrogens (tertiary/aromatic N) is 2. The van der Waals surface area contributed by atoms with Gasteiger partial charge >= 0.3 is 0 Å². The number of hydrogen-bond acceptors (Lipinski definition) is 4. The van der Waals surface area contributed by atoms with Crippen LogP contribution in [0.15, 0.2) is 77.7 Å². The molecule has 0 spiro atoms. The van der Waals surface area contributed by atoms with Crippen molar-refractivity contribution in [1.82, 2.24) is 14.5 Å². The van der Waals surface area contributed by atoms with Crippen LogP contribution in [0, 0.1) is 0 Å². The van der Waals surface area contributed by atoms with Gasteiger partial charge in [0.15, 0.2) is 0 Å². The Kier molecular flexibility index (Phi) is 8.64. The van der Waals surface area contributed by atoms with E-state index in [0.717, 1.165) is 20.6 Å². The van der Waals surface area contributed by atoms with Crippen LogP contribution in [0.3, 0.4) is 0 Å². The molecule has 0 aliphatic carbocycles. The highest BCUT2D eigenvalue weighted by Gasteiger charge is 2.32. The van der Waals surface area contributed by atoms with E-state index in [4.69, 9.17) is 0 Å². The van der Waals surface area contributed by atoms with Crippen LogP contribution < -0.4 is 5.32 Å². The molecule has 1 N–H and O–H groups in total. The molecule has 0 heterocycles. The van der Waals surface area contributed by atoms with Crippen molar-refractivity contribution in [3.8, 4) is 0 Å². The Morgan fingerprint density at radius 2 is 1.54 bits per heavy atom. The molecule has 0 unspecified atom stereocenters. The summed E-state index contributed by atoms with van der Waals surface area (Å²) in [5.74, 6) is -0.696. The summed E-state index contributed by atoms with van der Waals surface area (Å²) in [6.07, 6.45) is 0.401. The van der Waals surface area contributed by atoms with E-state index in [2.05, 4.69) is 5.32 Å². The molecule has 0 aliphatic heterocycles. The Morgan fingerprint density at radius 1 is 0.914 bits per heavy atom. The second-order valence-electron chi connectivity index (χ2n) is 8.86. The van der Waals surface area contributed by atoms with Crippen LogP contribution in [0.25, 0.3) is 10.8 Å². The van der Waals surface area contributed by atoms with Crippen molar-refractivity contribution >= 4 is 32.6 Å². The van der Waals surface area contributed by atoms with Gasteiger partial charge in [0.1, 0.15) is 6.04 Å². The molecular formula is C27H33N3O4S. The minimum atomic E-state index is -3.92. The van der Waals surface area contributed by atoms with Crippen molar-refractivity contribution in [2.45, 2.75) is 50.7 Å². The van der Waals surface area contributed by atoms with Crippen molar-refractivity contribution in [2.75, 3.05) is 13.6 Å². The fourth-order valence-electron chi connectivity index (χ4n) is 3.95. The zero-order chi connectivity index (χ0) is 25.6. The minimum Gasteiger partial charge on any atom is -0.352 e. The van der Waals surface area contributed by atoms with Gasteiger partial charge < -0.3 is 10.2 Å². The molecule has 0 saturated carbocycles. The predicted octanol–water partition coefficient (Wildman–Crippen LogP) is 3.79. The Bertz CT molecular complexity index is 1280. The van der Waals surface area contributed by atoms with E-state index in [1.807, 2.05) is 75.4 Å². The number of amides is 2. The molecule has 1 atom stereocenters. The maximum atomic E-state index is 13.5.